The molecule has 0 unspecified atom stereocenters. The summed E-state index contributed by atoms with van der Waals surface area (Å²) in [7, 11) is 0. The molecule has 0 atom stereocenters. The van der Waals surface area contributed by atoms with E-state index in [9.17, 15) is 0 Å². The summed E-state index contributed by atoms with van der Waals surface area (Å²) < 4.78 is 5.87. The number of rotatable bonds is 5. The van der Waals surface area contributed by atoms with Gasteiger partial charge in [0.25, 0.3) is 0 Å². The Hall–Kier alpha value is -0.630. The molecule has 0 saturated heterocycles. The summed E-state index contributed by atoms with van der Waals surface area (Å²) >= 11 is 1.77. The Labute approximate surface area is 103 Å². The van der Waals surface area contributed by atoms with Crippen molar-refractivity contribution >= 4 is 11.8 Å². The quantitative estimate of drug-likeness (QED) is 0.704. The maximum absolute atomic E-state index is 5.87. The Kier molecular flexibility index (Phi) is 3.80. The molecule has 1 aliphatic carbocycles. The fourth-order valence-corrected chi connectivity index (χ4v) is 2.24. The van der Waals surface area contributed by atoms with Crippen molar-refractivity contribution in [3.8, 4) is 5.75 Å². The molecule has 88 valence electrons. The lowest BCUT2D eigenvalue weighted by atomic mass is 10.0. The third kappa shape index (κ3) is 2.94. The number of benzene rings is 1. The second-order valence-electron chi connectivity index (χ2n) is 4.82. The Morgan fingerprint density at radius 2 is 2.12 bits per heavy atom. The highest BCUT2D eigenvalue weighted by Crippen LogP contribution is 2.34. The van der Waals surface area contributed by atoms with Crippen LogP contribution in [0.25, 0.3) is 0 Å². The molecular weight excluding hydrogens is 216 g/mol. The van der Waals surface area contributed by atoms with Crippen LogP contribution in [0.15, 0.2) is 23.1 Å². The van der Waals surface area contributed by atoms with Crippen molar-refractivity contribution in [1.29, 1.82) is 0 Å². The van der Waals surface area contributed by atoms with Gasteiger partial charge in [-0.2, -0.15) is 0 Å². The van der Waals surface area contributed by atoms with Crippen molar-refractivity contribution in [2.45, 2.75) is 37.5 Å². The van der Waals surface area contributed by atoms with Gasteiger partial charge < -0.3 is 4.74 Å². The lowest BCUT2D eigenvalue weighted by Gasteiger charge is -2.13. The molecule has 2 rings (SSSR count). The van der Waals surface area contributed by atoms with Crippen LogP contribution in [0.4, 0.5) is 0 Å². The highest BCUT2D eigenvalue weighted by Gasteiger charge is 2.22. The monoisotopic (exact) mass is 236 g/mol. The van der Waals surface area contributed by atoms with Crippen molar-refractivity contribution in [3.05, 3.63) is 23.8 Å². The SMILES string of the molecule is CSc1cc(C(C)C)ccc1OCC1CC1. The van der Waals surface area contributed by atoms with E-state index in [0.29, 0.717) is 5.92 Å². The molecule has 0 aromatic heterocycles. The average molecular weight is 236 g/mol. The van der Waals surface area contributed by atoms with E-state index in [4.69, 9.17) is 4.74 Å². The molecule has 0 amide bonds. The minimum absolute atomic E-state index is 0.586. The maximum Gasteiger partial charge on any atom is 0.132 e. The van der Waals surface area contributed by atoms with Crippen LogP contribution < -0.4 is 4.74 Å². The Balaban J connectivity index is 2.09. The Morgan fingerprint density at radius 3 is 2.69 bits per heavy atom. The zero-order valence-electron chi connectivity index (χ0n) is 10.3. The summed E-state index contributed by atoms with van der Waals surface area (Å²) in [6.07, 6.45) is 4.81. The fraction of sp³-hybridized carbons (Fsp3) is 0.571. The van der Waals surface area contributed by atoms with Crippen LogP contribution in [0.1, 0.15) is 38.2 Å². The van der Waals surface area contributed by atoms with Crippen LogP contribution in [0, 0.1) is 5.92 Å². The van der Waals surface area contributed by atoms with E-state index in [1.165, 1.54) is 23.3 Å². The van der Waals surface area contributed by atoms with E-state index in [2.05, 4.69) is 38.3 Å². The van der Waals surface area contributed by atoms with E-state index >= 15 is 0 Å². The minimum Gasteiger partial charge on any atom is -0.492 e. The third-order valence-electron chi connectivity index (χ3n) is 3.03. The first-order chi connectivity index (χ1) is 7.70. The predicted molar refractivity (Wildman–Crippen MR) is 70.5 cm³/mol. The first-order valence-electron chi connectivity index (χ1n) is 6.01. The van der Waals surface area contributed by atoms with Crippen LogP contribution in [0.3, 0.4) is 0 Å². The normalized spacial score (nSPS) is 15.5. The van der Waals surface area contributed by atoms with Crippen molar-refractivity contribution < 1.29 is 4.74 Å². The summed E-state index contributed by atoms with van der Waals surface area (Å²) in [4.78, 5) is 1.27. The molecule has 0 radical (unpaired) electrons. The largest absolute Gasteiger partial charge is 0.492 e. The lowest BCUT2D eigenvalue weighted by Crippen LogP contribution is -2.00. The van der Waals surface area contributed by atoms with Gasteiger partial charge in [0.1, 0.15) is 5.75 Å². The smallest absolute Gasteiger partial charge is 0.132 e. The second kappa shape index (κ2) is 5.13. The summed E-state index contributed by atoms with van der Waals surface area (Å²) in [5.41, 5.74) is 1.39. The molecule has 1 nitrogen and oxygen atoms in total. The summed E-state index contributed by atoms with van der Waals surface area (Å²) in [6, 6.07) is 6.58. The van der Waals surface area contributed by atoms with Crippen LogP contribution >= 0.6 is 11.8 Å². The summed E-state index contributed by atoms with van der Waals surface area (Å²) in [6.45, 7) is 5.35. The molecule has 0 N–H and O–H groups in total. The van der Waals surface area contributed by atoms with Gasteiger partial charge in [-0.1, -0.05) is 19.9 Å². The van der Waals surface area contributed by atoms with Gasteiger partial charge in [-0.3, -0.25) is 0 Å². The zero-order chi connectivity index (χ0) is 11.5. The van der Waals surface area contributed by atoms with E-state index in [1.54, 1.807) is 11.8 Å². The molecule has 16 heavy (non-hydrogen) atoms. The van der Waals surface area contributed by atoms with Gasteiger partial charge in [0.05, 0.1) is 6.61 Å². The van der Waals surface area contributed by atoms with Crippen molar-refractivity contribution in [1.82, 2.24) is 0 Å². The zero-order valence-corrected chi connectivity index (χ0v) is 11.1. The lowest BCUT2D eigenvalue weighted by molar-refractivity contribution is 0.293. The number of hydrogen-bond acceptors (Lipinski definition) is 2. The predicted octanol–water partition coefficient (Wildman–Crippen LogP) is 4.32. The molecular formula is C14H20OS. The number of thioether (sulfide) groups is 1. The first kappa shape index (κ1) is 11.8. The standard InChI is InChI=1S/C14H20OS/c1-10(2)12-6-7-13(14(8-12)16-3)15-9-11-4-5-11/h6-8,10-11H,4-5,9H2,1-3H3. The number of ether oxygens (including phenoxy) is 1. The Bertz CT molecular complexity index is 356. The summed E-state index contributed by atoms with van der Waals surface area (Å²) in [5, 5.41) is 0. The third-order valence-corrected chi connectivity index (χ3v) is 3.78. The van der Waals surface area contributed by atoms with Gasteiger partial charge in [0.15, 0.2) is 0 Å². The minimum atomic E-state index is 0.586. The fourth-order valence-electron chi connectivity index (χ4n) is 1.65. The van der Waals surface area contributed by atoms with Gasteiger partial charge >= 0.3 is 0 Å². The highest BCUT2D eigenvalue weighted by atomic mass is 32.2. The van der Waals surface area contributed by atoms with Gasteiger partial charge in [-0.05, 0) is 48.6 Å². The van der Waals surface area contributed by atoms with E-state index in [1.807, 2.05) is 0 Å². The van der Waals surface area contributed by atoms with Gasteiger partial charge in [-0.25, -0.2) is 0 Å². The van der Waals surface area contributed by atoms with Gasteiger partial charge in [0, 0.05) is 4.90 Å². The van der Waals surface area contributed by atoms with Crippen molar-refractivity contribution in [2.75, 3.05) is 12.9 Å². The molecule has 1 aromatic rings. The van der Waals surface area contributed by atoms with E-state index in [0.717, 1.165) is 18.3 Å². The van der Waals surface area contributed by atoms with Crippen molar-refractivity contribution in [3.63, 3.8) is 0 Å². The van der Waals surface area contributed by atoms with Gasteiger partial charge in [-0.15, -0.1) is 11.8 Å². The molecule has 1 saturated carbocycles. The summed E-state index contributed by atoms with van der Waals surface area (Å²) in [5.74, 6) is 2.46. The molecule has 0 heterocycles. The molecule has 1 aliphatic rings. The molecule has 0 spiro atoms. The first-order valence-corrected chi connectivity index (χ1v) is 7.24. The van der Waals surface area contributed by atoms with Crippen LogP contribution in [0.2, 0.25) is 0 Å². The average Bonchev–Trinajstić information content (AvgIpc) is 3.09. The molecule has 2 heteroatoms. The highest BCUT2D eigenvalue weighted by molar-refractivity contribution is 7.98. The van der Waals surface area contributed by atoms with Crippen LogP contribution in [0.5, 0.6) is 5.75 Å². The maximum atomic E-state index is 5.87. The van der Waals surface area contributed by atoms with E-state index in [-0.39, 0.29) is 0 Å². The molecule has 1 fully saturated rings. The molecule has 0 aliphatic heterocycles. The van der Waals surface area contributed by atoms with Crippen molar-refractivity contribution in [2.24, 2.45) is 5.92 Å². The number of hydrogen-bond donors (Lipinski definition) is 0. The second-order valence-corrected chi connectivity index (χ2v) is 5.67. The van der Waals surface area contributed by atoms with Crippen LogP contribution in [-0.2, 0) is 0 Å². The molecule has 0 bridgehead atoms. The van der Waals surface area contributed by atoms with Gasteiger partial charge in [0.2, 0.25) is 0 Å². The van der Waals surface area contributed by atoms with E-state index < -0.39 is 0 Å². The Morgan fingerprint density at radius 1 is 1.38 bits per heavy atom. The molecule has 1 aromatic carbocycles. The van der Waals surface area contributed by atoms with Crippen LogP contribution in [-0.4, -0.2) is 12.9 Å². The topological polar surface area (TPSA) is 9.23 Å².